The Balaban J connectivity index is 1.49. The zero-order valence-electron chi connectivity index (χ0n) is 13.9. The summed E-state index contributed by atoms with van der Waals surface area (Å²) < 4.78 is 5.54. The molecule has 1 saturated carbocycles. The van der Waals surface area contributed by atoms with Crippen molar-refractivity contribution in [2.24, 2.45) is 0 Å². The minimum Gasteiger partial charge on any atom is -0.338 e. The molecule has 6 heteroatoms. The van der Waals surface area contributed by atoms with Crippen LogP contribution in [0, 0.1) is 11.3 Å². The fraction of sp³-hybridized carbons (Fsp3) is 0.500. The summed E-state index contributed by atoms with van der Waals surface area (Å²) in [6.45, 7) is 3.52. The standard InChI is InChI=1S/C18H21N5O/c1-22-8-9-23(11-15-5-3-2-4-14(15)10-19)12-16(22)18-20-17(21-24-18)13-6-7-13/h2-5,13,16H,6-9,11-12H2,1H3. The molecule has 2 aromatic rings. The van der Waals surface area contributed by atoms with Crippen LogP contribution in [-0.4, -0.2) is 46.6 Å². The summed E-state index contributed by atoms with van der Waals surface area (Å²) in [6.07, 6.45) is 2.35. The van der Waals surface area contributed by atoms with Crippen LogP contribution in [0.5, 0.6) is 0 Å². The molecule has 0 spiro atoms. The van der Waals surface area contributed by atoms with Gasteiger partial charge in [-0.15, -0.1) is 0 Å². The van der Waals surface area contributed by atoms with Crippen LogP contribution in [0.4, 0.5) is 0 Å². The highest BCUT2D eigenvalue weighted by Gasteiger charge is 2.33. The average Bonchev–Trinajstić information content (AvgIpc) is 3.34. The van der Waals surface area contributed by atoms with E-state index in [0.717, 1.165) is 49.0 Å². The van der Waals surface area contributed by atoms with Crippen LogP contribution in [0.3, 0.4) is 0 Å². The quantitative estimate of drug-likeness (QED) is 0.860. The van der Waals surface area contributed by atoms with Gasteiger partial charge in [0.1, 0.15) is 6.04 Å². The number of aromatic nitrogens is 2. The molecule has 0 N–H and O–H groups in total. The van der Waals surface area contributed by atoms with Crippen LogP contribution in [0.1, 0.15) is 47.6 Å². The van der Waals surface area contributed by atoms with Crippen molar-refractivity contribution in [2.45, 2.75) is 31.3 Å². The van der Waals surface area contributed by atoms with Crippen molar-refractivity contribution < 1.29 is 4.52 Å². The average molecular weight is 323 g/mol. The molecule has 6 nitrogen and oxygen atoms in total. The molecule has 1 aromatic carbocycles. The normalized spacial score (nSPS) is 22.4. The van der Waals surface area contributed by atoms with Gasteiger partial charge in [0.25, 0.3) is 0 Å². The van der Waals surface area contributed by atoms with Crippen LogP contribution < -0.4 is 0 Å². The van der Waals surface area contributed by atoms with Gasteiger partial charge in [0.05, 0.1) is 11.6 Å². The van der Waals surface area contributed by atoms with Crippen molar-refractivity contribution in [3.05, 3.63) is 47.1 Å². The molecule has 0 radical (unpaired) electrons. The van der Waals surface area contributed by atoms with E-state index in [2.05, 4.69) is 33.1 Å². The number of hydrogen-bond donors (Lipinski definition) is 0. The molecule has 1 unspecified atom stereocenters. The molecule has 2 aliphatic rings. The lowest BCUT2D eigenvalue weighted by Gasteiger charge is -2.37. The van der Waals surface area contributed by atoms with E-state index in [1.807, 2.05) is 24.3 Å². The van der Waals surface area contributed by atoms with Crippen molar-refractivity contribution in [3.63, 3.8) is 0 Å². The van der Waals surface area contributed by atoms with Crippen molar-refractivity contribution in [2.75, 3.05) is 26.7 Å². The fourth-order valence-electron chi connectivity index (χ4n) is 3.24. The highest BCUT2D eigenvalue weighted by atomic mass is 16.5. The molecule has 0 amide bonds. The van der Waals surface area contributed by atoms with Gasteiger partial charge < -0.3 is 4.52 Å². The first-order valence-electron chi connectivity index (χ1n) is 8.48. The Bertz CT molecular complexity index is 761. The second-order valence-electron chi connectivity index (χ2n) is 6.77. The number of hydrogen-bond acceptors (Lipinski definition) is 6. The summed E-state index contributed by atoms with van der Waals surface area (Å²) in [5.41, 5.74) is 1.83. The minimum absolute atomic E-state index is 0.119. The largest absolute Gasteiger partial charge is 0.338 e. The number of rotatable bonds is 4. The Labute approximate surface area is 141 Å². The Morgan fingerprint density at radius 2 is 2.12 bits per heavy atom. The SMILES string of the molecule is CN1CCN(Cc2ccccc2C#N)CC1c1nc(C2CC2)no1. The molecule has 1 aliphatic carbocycles. The molecule has 1 atom stereocenters. The molecule has 2 heterocycles. The number of nitriles is 1. The van der Waals surface area contributed by atoms with Crippen LogP contribution in [-0.2, 0) is 6.54 Å². The molecule has 0 bridgehead atoms. The third-order valence-electron chi connectivity index (χ3n) is 4.95. The minimum atomic E-state index is 0.119. The Kier molecular flexibility index (Phi) is 4.05. The third kappa shape index (κ3) is 3.05. The molecule has 1 aromatic heterocycles. The highest BCUT2D eigenvalue weighted by molar-refractivity contribution is 5.37. The van der Waals surface area contributed by atoms with Gasteiger partial charge in [0.2, 0.25) is 5.89 Å². The number of benzene rings is 1. The Hall–Kier alpha value is -2.23. The van der Waals surface area contributed by atoms with Crippen molar-refractivity contribution in [1.29, 1.82) is 5.26 Å². The monoisotopic (exact) mass is 323 g/mol. The van der Waals surface area contributed by atoms with Gasteiger partial charge >= 0.3 is 0 Å². The molecule has 124 valence electrons. The lowest BCUT2D eigenvalue weighted by Crippen LogP contribution is -2.46. The van der Waals surface area contributed by atoms with Gasteiger partial charge in [-0.2, -0.15) is 10.2 Å². The fourth-order valence-corrected chi connectivity index (χ4v) is 3.24. The van der Waals surface area contributed by atoms with Crippen LogP contribution in [0.2, 0.25) is 0 Å². The molecule has 1 saturated heterocycles. The highest BCUT2D eigenvalue weighted by Crippen LogP contribution is 2.38. The summed E-state index contributed by atoms with van der Waals surface area (Å²) in [6, 6.07) is 10.2. The van der Waals surface area contributed by atoms with Gasteiger partial charge in [0, 0.05) is 32.1 Å². The maximum absolute atomic E-state index is 9.27. The molecule has 4 rings (SSSR count). The number of piperazine rings is 1. The first-order valence-corrected chi connectivity index (χ1v) is 8.48. The molecule has 24 heavy (non-hydrogen) atoms. The van der Waals surface area contributed by atoms with E-state index >= 15 is 0 Å². The lowest BCUT2D eigenvalue weighted by molar-refractivity contribution is 0.0714. The van der Waals surface area contributed by atoms with Gasteiger partial charge in [-0.05, 0) is 31.5 Å². The van der Waals surface area contributed by atoms with Gasteiger partial charge in [-0.3, -0.25) is 9.80 Å². The topological polar surface area (TPSA) is 69.2 Å². The lowest BCUT2D eigenvalue weighted by atomic mass is 10.1. The van der Waals surface area contributed by atoms with Crippen molar-refractivity contribution >= 4 is 0 Å². The van der Waals surface area contributed by atoms with E-state index < -0.39 is 0 Å². The van der Waals surface area contributed by atoms with Crippen LogP contribution in [0.25, 0.3) is 0 Å². The van der Waals surface area contributed by atoms with Crippen LogP contribution in [0.15, 0.2) is 28.8 Å². The molecular formula is C18H21N5O. The molecule has 1 aliphatic heterocycles. The maximum atomic E-state index is 9.27. The van der Waals surface area contributed by atoms with Gasteiger partial charge in [0.15, 0.2) is 5.82 Å². The molecular weight excluding hydrogens is 302 g/mol. The van der Waals surface area contributed by atoms with E-state index in [-0.39, 0.29) is 6.04 Å². The number of nitrogens with zero attached hydrogens (tertiary/aromatic N) is 5. The Morgan fingerprint density at radius 1 is 1.29 bits per heavy atom. The van der Waals surface area contributed by atoms with E-state index in [9.17, 15) is 5.26 Å². The van der Waals surface area contributed by atoms with Crippen molar-refractivity contribution in [1.82, 2.24) is 19.9 Å². The van der Waals surface area contributed by atoms with E-state index in [1.54, 1.807) is 0 Å². The van der Waals surface area contributed by atoms with Gasteiger partial charge in [-0.1, -0.05) is 23.4 Å². The smallest absolute Gasteiger partial charge is 0.245 e. The third-order valence-corrected chi connectivity index (χ3v) is 4.95. The Morgan fingerprint density at radius 3 is 2.92 bits per heavy atom. The summed E-state index contributed by atoms with van der Waals surface area (Å²) in [5, 5.41) is 13.4. The zero-order valence-corrected chi connectivity index (χ0v) is 13.9. The second kappa shape index (κ2) is 6.34. The first kappa shape index (κ1) is 15.3. The van der Waals surface area contributed by atoms with E-state index in [0.29, 0.717) is 5.92 Å². The zero-order chi connectivity index (χ0) is 16.5. The summed E-state index contributed by atoms with van der Waals surface area (Å²) >= 11 is 0. The first-order chi connectivity index (χ1) is 11.7. The predicted molar refractivity (Wildman–Crippen MR) is 88.1 cm³/mol. The summed E-state index contributed by atoms with van der Waals surface area (Å²) in [4.78, 5) is 9.26. The predicted octanol–water partition coefficient (Wildman–Crippen LogP) is 2.31. The summed E-state index contributed by atoms with van der Waals surface area (Å²) in [7, 11) is 2.10. The van der Waals surface area contributed by atoms with E-state index in [4.69, 9.17) is 4.52 Å². The number of likely N-dealkylation sites (N-methyl/N-ethyl adjacent to an activating group) is 1. The van der Waals surface area contributed by atoms with Gasteiger partial charge in [-0.25, -0.2) is 0 Å². The molecule has 2 fully saturated rings. The van der Waals surface area contributed by atoms with Crippen molar-refractivity contribution in [3.8, 4) is 6.07 Å². The second-order valence-corrected chi connectivity index (χ2v) is 6.77. The van der Waals surface area contributed by atoms with Crippen LogP contribution >= 0.6 is 0 Å². The van der Waals surface area contributed by atoms with E-state index in [1.165, 1.54) is 12.8 Å². The maximum Gasteiger partial charge on any atom is 0.245 e. The summed E-state index contributed by atoms with van der Waals surface area (Å²) in [5.74, 6) is 2.10.